The zero-order chi connectivity index (χ0) is 14.5. The van der Waals surface area contributed by atoms with Crippen molar-refractivity contribution >= 4 is 11.4 Å². The van der Waals surface area contributed by atoms with Crippen molar-refractivity contribution in [1.82, 2.24) is 4.90 Å². The number of nitro benzene ring substituents is 1. The van der Waals surface area contributed by atoms with E-state index in [1.807, 2.05) is 12.1 Å². The number of anilines is 1. The normalized spacial score (nSPS) is 18.8. The standard InChI is InChI=1S/C15H23N3O2/c1-3-9-16(2)11-13-8-10-17(12-13)14-4-6-15(7-5-14)18(19)20/h4-7,13H,3,8-12H2,1-2H3/t13-/m1/s1. The molecule has 0 spiro atoms. The third-order valence-corrected chi connectivity index (χ3v) is 3.89. The second-order valence-electron chi connectivity index (χ2n) is 5.64. The van der Waals surface area contributed by atoms with Crippen molar-refractivity contribution in [3.8, 4) is 0 Å². The minimum absolute atomic E-state index is 0.159. The zero-order valence-electron chi connectivity index (χ0n) is 12.3. The van der Waals surface area contributed by atoms with Gasteiger partial charge in [-0.15, -0.1) is 0 Å². The molecular weight excluding hydrogens is 254 g/mol. The fourth-order valence-corrected chi connectivity index (χ4v) is 2.92. The molecule has 0 aromatic heterocycles. The van der Waals surface area contributed by atoms with Crippen molar-refractivity contribution < 1.29 is 4.92 Å². The molecule has 20 heavy (non-hydrogen) atoms. The lowest BCUT2D eigenvalue weighted by atomic mass is 10.1. The van der Waals surface area contributed by atoms with E-state index < -0.39 is 0 Å². The summed E-state index contributed by atoms with van der Waals surface area (Å²) in [5.41, 5.74) is 1.25. The van der Waals surface area contributed by atoms with Gasteiger partial charge in [0.2, 0.25) is 0 Å². The van der Waals surface area contributed by atoms with Gasteiger partial charge in [0.05, 0.1) is 4.92 Å². The highest BCUT2D eigenvalue weighted by atomic mass is 16.6. The van der Waals surface area contributed by atoms with Gasteiger partial charge in [-0.1, -0.05) is 6.92 Å². The van der Waals surface area contributed by atoms with Crippen LogP contribution < -0.4 is 4.90 Å². The molecule has 1 fully saturated rings. The van der Waals surface area contributed by atoms with Crippen LogP contribution in [0.5, 0.6) is 0 Å². The first-order valence-electron chi connectivity index (χ1n) is 7.28. The van der Waals surface area contributed by atoms with Crippen molar-refractivity contribution in [3.05, 3.63) is 34.4 Å². The van der Waals surface area contributed by atoms with Gasteiger partial charge in [-0.2, -0.15) is 0 Å². The van der Waals surface area contributed by atoms with Crippen LogP contribution in [0.1, 0.15) is 19.8 Å². The molecule has 0 bridgehead atoms. The number of rotatable bonds is 6. The van der Waals surface area contributed by atoms with Gasteiger partial charge in [0.15, 0.2) is 0 Å². The van der Waals surface area contributed by atoms with E-state index in [2.05, 4.69) is 23.8 Å². The Morgan fingerprint density at radius 3 is 2.70 bits per heavy atom. The van der Waals surface area contributed by atoms with E-state index in [0.717, 1.165) is 31.9 Å². The molecule has 0 unspecified atom stereocenters. The van der Waals surface area contributed by atoms with Gasteiger partial charge in [-0.3, -0.25) is 10.1 Å². The zero-order valence-corrected chi connectivity index (χ0v) is 12.3. The summed E-state index contributed by atoms with van der Waals surface area (Å²) in [4.78, 5) is 15.0. The lowest BCUT2D eigenvalue weighted by Gasteiger charge is -2.22. The number of hydrogen-bond acceptors (Lipinski definition) is 4. The predicted molar refractivity (Wildman–Crippen MR) is 81.2 cm³/mol. The first-order valence-corrected chi connectivity index (χ1v) is 7.28. The molecule has 1 aliphatic heterocycles. The highest BCUT2D eigenvalue weighted by molar-refractivity contribution is 5.51. The molecule has 110 valence electrons. The number of non-ortho nitro benzene ring substituents is 1. The number of benzene rings is 1. The molecule has 1 aromatic rings. The third-order valence-electron chi connectivity index (χ3n) is 3.89. The van der Waals surface area contributed by atoms with Crippen LogP contribution in [0.25, 0.3) is 0 Å². The molecule has 5 heteroatoms. The van der Waals surface area contributed by atoms with E-state index in [-0.39, 0.29) is 10.6 Å². The summed E-state index contributed by atoms with van der Waals surface area (Å²) in [6, 6.07) is 6.89. The molecule has 0 N–H and O–H groups in total. The van der Waals surface area contributed by atoms with Gasteiger partial charge >= 0.3 is 0 Å². The molecule has 5 nitrogen and oxygen atoms in total. The van der Waals surface area contributed by atoms with Crippen LogP contribution in [0.2, 0.25) is 0 Å². The molecular formula is C15H23N3O2. The smallest absolute Gasteiger partial charge is 0.269 e. The summed E-state index contributed by atoms with van der Waals surface area (Å²) < 4.78 is 0. The van der Waals surface area contributed by atoms with Crippen LogP contribution in [0.4, 0.5) is 11.4 Å². The Hall–Kier alpha value is -1.62. The molecule has 1 aromatic carbocycles. The molecule has 0 radical (unpaired) electrons. The van der Waals surface area contributed by atoms with Gasteiger partial charge < -0.3 is 9.80 Å². The monoisotopic (exact) mass is 277 g/mol. The maximum atomic E-state index is 10.7. The maximum Gasteiger partial charge on any atom is 0.269 e. The van der Waals surface area contributed by atoms with Crippen molar-refractivity contribution in [1.29, 1.82) is 0 Å². The molecule has 2 rings (SSSR count). The molecule has 1 heterocycles. The van der Waals surface area contributed by atoms with E-state index in [1.165, 1.54) is 12.8 Å². The fourth-order valence-electron chi connectivity index (χ4n) is 2.92. The average Bonchev–Trinajstić information content (AvgIpc) is 2.87. The summed E-state index contributed by atoms with van der Waals surface area (Å²) >= 11 is 0. The molecule has 1 saturated heterocycles. The Bertz CT molecular complexity index is 447. The Kier molecular flexibility index (Phi) is 4.95. The lowest BCUT2D eigenvalue weighted by molar-refractivity contribution is -0.384. The molecule has 1 aliphatic rings. The summed E-state index contributed by atoms with van der Waals surface area (Å²) in [7, 11) is 2.18. The van der Waals surface area contributed by atoms with E-state index in [0.29, 0.717) is 5.92 Å². The van der Waals surface area contributed by atoms with Crippen molar-refractivity contribution in [2.75, 3.05) is 38.1 Å². The Labute approximate surface area is 120 Å². The number of hydrogen-bond donors (Lipinski definition) is 0. The summed E-state index contributed by atoms with van der Waals surface area (Å²) in [5, 5.41) is 10.7. The van der Waals surface area contributed by atoms with Gasteiger partial charge in [-0.25, -0.2) is 0 Å². The van der Waals surface area contributed by atoms with Crippen LogP contribution in [-0.2, 0) is 0 Å². The predicted octanol–water partition coefficient (Wildman–Crippen LogP) is 2.76. The van der Waals surface area contributed by atoms with Gasteiger partial charge in [0.1, 0.15) is 0 Å². The van der Waals surface area contributed by atoms with Crippen molar-refractivity contribution in [2.24, 2.45) is 5.92 Å². The summed E-state index contributed by atoms with van der Waals surface area (Å²) in [5.74, 6) is 0.696. The van der Waals surface area contributed by atoms with E-state index >= 15 is 0 Å². The number of nitro groups is 1. The first-order chi connectivity index (χ1) is 9.60. The second kappa shape index (κ2) is 6.70. The molecule has 0 amide bonds. The minimum Gasteiger partial charge on any atom is -0.371 e. The van der Waals surface area contributed by atoms with E-state index in [1.54, 1.807) is 12.1 Å². The number of nitrogens with zero attached hydrogens (tertiary/aromatic N) is 3. The van der Waals surface area contributed by atoms with Gasteiger partial charge in [-0.05, 0) is 44.5 Å². The maximum absolute atomic E-state index is 10.7. The van der Waals surface area contributed by atoms with Gasteiger partial charge in [0, 0.05) is 37.5 Å². The highest BCUT2D eigenvalue weighted by Gasteiger charge is 2.23. The topological polar surface area (TPSA) is 49.6 Å². The van der Waals surface area contributed by atoms with Crippen LogP contribution in [0.3, 0.4) is 0 Å². The SMILES string of the molecule is CCCN(C)C[C@H]1CCN(c2ccc([N+](=O)[O-])cc2)C1. The molecule has 1 atom stereocenters. The average molecular weight is 277 g/mol. The quantitative estimate of drug-likeness (QED) is 0.592. The first kappa shape index (κ1) is 14.8. The fraction of sp³-hybridized carbons (Fsp3) is 0.600. The van der Waals surface area contributed by atoms with E-state index in [4.69, 9.17) is 0 Å². The van der Waals surface area contributed by atoms with Crippen LogP contribution in [0.15, 0.2) is 24.3 Å². The second-order valence-corrected chi connectivity index (χ2v) is 5.64. The largest absolute Gasteiger partial charge is 0.371 e. The van der Waals surface area contributed by atoms with Crippen LogP contribution in [-0.4, -0.2) is 43.0 Å². The summed E-state index contributed by atoms with van der Waals surface area (Å²) in [6.07, 6.45) is 2.39. The Balaban J connectivity index is 1.90. The lowest BCUT2D eigenvalue weighted by Crippen LogP contribution is -2.28. The molecule has 0 saturated carbocycles. The minimum atomic E-state index is -0.351. The van der Waals surface area contributed by atoms with Crippen LogP contribution >= 0.6 is 0 Å². The van der Waals surface area contributed by atoms with Crippen molar-refractivity contribution in [2.45, 2.75) is 19.8 Å². The van der Waals surface area contributed by atoms with E-state index in [9.17, 15) is 10.1 Å². The van der Waals surface area contributed by atoms with Crippen molar-refractivity contribution in [3.63, 3.8) is 0 Å². The molecule has 0 aliphatic carbocycles. The Morgan fingerprint density at radius 2 is 2.10 bits per heavy atom. The highest BCUT2D eigenvalue weighted by Crippen LogP contribution is 2.26. The van der Waals surface area contributed by atoms with Gasteiger partial charge in [0.25, 0.3) is 5.69 Å². The summed E-state index contributed by atoms with van der Waals surface area (Å²) in [6.45, 7) is 6.58. The third kappa shape index (κ3) is 3.70. The Morgan fingerprint density at radius 1 is 1.40 bits per heavy atom. The van der Waals surface area contributed by atoms with Crippen LogP contribution in [0, 0.1) is 16.0 Å².